The van der Waals surface area contributed by atoms with Crippen molar-refractivity contribution in [2.75, 3.05) is 25.6 Å². The Labute approximate surface area is 164 Å². The summed E-state index contributed by atoms with van der Waals surface area (Å²) in [7, 11) is 1.40. The molecule has 0 unspecified atom stereocenters. The van der Waals surface area contributed by atoms with Crippen molar-refractivity contribution in [2.24, 2.45) is 0 Å². The van der Waals surface area contributed by atoms with Crippen LogP contribution >= 0.6 is 15.9 Å². The number of carbonyl (C=O) groups excluding carboxylic acids is 1. The second kappa shape index (κ2) is 9.62. The fraction of sp³-hybridized carbons (Fsp3) is 0.381. The van der Waals surface area contributed by atoms with Gasteiger partial charge in [0.25, 0.3) is 0 Å². The number of hydrogen-bond acceptors (Lipinski definition) is 4. The summed E-state index contributed by atoms with van der Waals surface area (Å²) < 4.78 is 11.6. The van der Waals surface area contributed by atoms with Crippen LogP contribution in [-0.4, -0.2) is 26.2 Å². The summed E-state index contributed by atoms with van der Waals surface area (Å²) in [6.07, 6.45) is 1.86. The second-order valence-corrected chi connectivity index (χ2v) is 7.20. The molecular weight excluding hydrogens is 394 g/mol. The smallest absolute Gasteiger partial charge is 0.340 e. The first kappa shape index (κ1) is 20.3. The fourth-order valence-corrected chi connectivity index (χ4v) is 3.41. The van der Waals surface area contributed by atoms with E-state index in [4.69, 9.17) is 9.47 Å². The maximum atomic E-state index is 12.0. The molecule has 0 amide bonds. The second-order valence-electron chi connectivity index (χ2n) is 6.34. The van der Waals surface area contributed by atoms with Gasteiger partial charge in [0.05, 0.1) is 25.0 Å². The Bertz CT molecular complexity index is 774. The highest BCUT2D eigenvalue weighted by Gasteiger charge is 2.15. The van der Waals surface area contributed by atoms with E-state index < -0.39 is 0 Å². The Balaban J connectivity index is 1.85. The van der Waals surface area contributed by atoms with Crippen LogP contribution in [0.15, 0.2) is 34.8 Å². The highest BCUT2D eigenvalue weighted by Crippen LogP contribution is 2.29. The van der Waals surface area contributed by atoms with Crippen molar-refractivity contribution in [3.8, 4) is 5.75 Å². The summed E-state index contributed by atoms with van der Waals surface area (Å²) in [4.78, 5) is 12.0. The lowest BCUT2D eigenvalue weighted by atomic mass is 10.1. The average molecular weight is 420 g/mol. The molecule has 0 fully saturated rings. The van der Waals surface area contributed by atoms with E-state index in [-0.39, 0.29) is 5.97 Å². The largest absolute Gasteiger partial charge is 0.493 e. The number of methoxy groups -OCH3 is 1. The first-order valence-corrected chi connectivity index (χ1v) is 9.54. The van der Waals surface area contributed by atoms with E-state index in [1.54, 1.807) is 0 Å². The number of carbonyl (C=O) groups is 1. The molecule has 1 N–H and O–H groups in total. The summed E-state index contributed by atoms with van der Waals surface area (Å²) in [5.74, 6) is 0.613. The predicted molar refractivity (Wildman–Crippen MR) is 109 cm³/mol. The molecule has 0 aliphatic heterocycles. The van der Waals surface area contributed by atoms with Crippen molar-refractivity contribution in [1.82, 2.24) is 0 Å². The zero-order chi connectivity index (χ0) is 19.1. The highest BCUT2D eigenvalue weighted by molar-refractivity contribution is 9.10. The molecule has 5 heteroatoms. The lowest BCUT2D eigenvalue weighted by Crippen LogP contribution is -2.11. The molecule has 0 aliphatic carbocycles. The normalized spacial score (nSPS) is 10.5. The lowest BCUT2D eigenvalue weighted by Gasteiger charge is -2.14. The first-order chi connectivity index (χ1) is 12.4. The summed E-state index contributed by atoms with van der Waals surface area (Å²) >= 11 is 3.53. The molecule has 2 aromatic carbocycles. The SMILES string of the molecule is COC(=O)c1cc(C)cc(Br)c1NCCCCOc1cccc(C)c1C. The van der Waals surface area contributed by atoms with Crippen LogP contribution in [0.2, 0.25) is 0 Å². The molecule has 0 bridgehead atoms. The first-order valence-electron chi connectivity index (χ1n) is 8.75. The van der Waals surface area contributed by atoms with Crippen LogP contribution in [-0.2, 0) is 4.74 Å². The summed E-state index contributed by atoms with van der Waals surface area (Å²) in [6.45, 7) is 7.54. The quantitative estimate of drug-likeness (QED) is 0.457. The maximum absolute atomic E-state index is 12.0. The fourth-order valence-electron chi connectivity index (χ4n) is 2.70. The number of aryl methyl sites for hydroxylation is 2. The van der Waals surface area contributed by atoms with Gasteiger partial charge in [-0.1, -0.05) is 12.1 Å². The van der Waals surface area contributed by atoms with Gasteiger partial charge in [-0.25, -0.2) is 4.79 Å². The number of unbranched alkanes of at least 4 members (excludes halogenated alkanes) is 1. The lowest BCUT2D eigenvalue weighted by molar-refractivity contribution is 0.0601. The molecule has 140 valence electrons. The van der Waals surface area contributed by atoms with Crippen LogP contribution in [0.1, 0.15) is 39.9 Å². The third-order valence-electron chi connectivity index (χ3n) is 4.33. The number of esters is 1. The zero-order valence-electron chi connectivity index (χ0n) is 15.8. The van der Waals surface area contributed by atoms with Gasteiger partial charge in [0.2, 0.25) is 0 Å². The summed E-state index contributed by atoms with van der Waals surface area (Å²) in [5.41, 5.74) is 4.76. The number of benzene rings is 2. The number of rotatable bonds is 8. The van der Waals surface area contributed by atoms with Crippen molar-refractivity contribution >= 4 is 27.6 Å². The van der Waals surface area contributed by atoms with E-state index in [0.717, 1.165) is 40.9 Å². The molecule has 0 saturated heterocycles. The molecule has 2 rings (SSSR count). The Kier molecular flexibility index (Phi) is 7.51. The summed E-state index contributed by atoms with van der Waals surface area (Å²) in [6, 6.07) is 9.93. The number of halogens is 1. The van der Waals surface area contributed by atoms with Crippen LogP contribution in [0.4, 0.5) is 5.69 Å². The van der Waals surface area contributed by atoms with Gasteiger partial charge < -0.3 is 14.8 Å². The van der Waals surface area contributed by atoms with E-state index >= 15 is 0 Å². The van der Waals surface area contributed by atoms with Crippen molar-refractivity contribution < 1.29 is 14.3 Å². The standard InChI is InChI=1S/C21H26BrNO3/c1-14-12-17(21(24)25-4)20(18(22)13-14)23-10-5-6-11-26-19-9-7-8-15(2)16(19)3/h7-9,12-13,23H,5-6,10-11H2,1-4H3. The van der Waals surface area contributed by atoms with E-state index in [1.807, 2.05) is 31.2 Å². The molecule has 0 heterocycles. The molecule has 0 radical (unpaired) electrons. The number of hydrogen-bond donors (Lipinski definition) is 1. The topological polar surface area (TPSA) is 47.6 Å². The predicted octanol–water partition coefficient (Wildman–Crippen LogP) is 5.43. The van der Waals surface area contributed by atoms with Crippen LogP contribution < -0.4 is 10.1 Å². The Hall–Kier alpha value is -2.01. The number of ether oxygens (including phenoxy) is 2. The molecule has 0 atom stereocenters. The van der Waals surface area contributed by atoms with Crippen molar-refractivity contribution in [3.05, 3.63) is 57.1 Å². The maximum Gasteiger partial charge on any atom is 0.340 e. The molecular formula is C21H26BrNO3. The van der Waals surface area contributed by atoms with Crippen LogP contribution in [0.3, 0.4) is 0 Å². The van der Waals surface area contributed by atoms with Crippen molar-refractivity contribution in [1.29, 1.82) is 0 Å². The third-order valence-corrected chi connectivity index (χ3v) is 4.95. The summed E-state index contributed by atoms with van der Waals surface area (Å²) in [5, 5.41) is 3.34. The Morgan fingerprint density at radius 3 is 2.65 bits per heavy atom. The average Bonchev–Trinajstić information content (AvgIpc) is 2.61. The van der Waals surface area contributed by atoms with Gasteiger partial charge >= 0.3 is 5.97 Å². The number of anilines is 1. The molecule has 0 saturated carbocycles. The van der Waals surface area contributed by atoms with E-state index in [1.165, 1.54) is 18.2 Å². The minimum Gasteiger partial charge on any atom is -0.493 e. The highest BCUT2D eigenvalue weighted by atomic mass is 79.9. The van der Waals surface area contributed by atoms with Gasteiger partial charge in [-0.15, -0.1) is 0 Å². The van der Waals surface area contributed by atoms with E-state index in [2.05, 4.69) is 41.2 Å². The van der Waals surface area contributed by atoms with Gasteiger partial charge in [-0.3, -0.25) is 0 Å². The Morgan fingerprint density at radius 1 is 1.15 bits per heavy atom. The minimum atomic E-state index is -0.338. The molecule has 0 spiro atoms. The van der Waals surface area contributed by atoms with Crippen LogP contribution in [0, 0.1) is 20.8 Å². The van der Waals surface area contributed by atoms with Crippen LogP contribution in [0.25, 0.3) is 0 Å². The number of nitrogens with one attached hydrogen (secondary N) is 1. The van der Waals surface area contributed by atoms with Gasteiger partial charge in [-0.2, -0.15) is 0 Å². The van der Waals surface area contributed by atoms with Gasteiger partial charge in [0.15, 0.2) is 0 Å². The molecule has 4 nitrogen and oxygen atoms in total. The molecule has 0 aliphatic rings. The van der Waals surface area contributed by atoms with Crippen molar-refractivity contribution in [3.63, 3.8) is 0 Å². The zero-order valence-corrected chi connectivity index (χ0v) is 17.4. The monoisotopic (exact) mass is 419 g/mol. The van der Waals surface area contributed by atoms with Gasteiger partial charge in [-0.05, 0) is 84.4 Å². The minimum absolute atomic E-state index is 0.338. The van der Waals surface area contributed by atoms with E-state index in [9.17, 15) is 4.79 Å². The van der Waals surface area contributed by atoms with Gasteiger partial charge in [0.1, 0.15) is 5.75 Å². The molecule has 26 heavy (non-hydrogen) atoms. The molecule has 2 aromatic rings. The Morgan fingerprint density at radius 2 is 1.92 bits per heavy atom. The van der Waals surface area contributed by atoms with E-state index in [0.29, 0.717) is 12.2 Å². The van der Waals surface area contributed by atoms with Crippen LogP contribution in [0.5, 0.6) is 5.75 Å². The third kappa shape index (κ3) is 5.24. The molecule has 0 aromatic heterocycles. The van der Waals surface area contributed by atoms with Gasteiger partial charge in [0, 0.05) is 11.0 Å². The van der Waals surface area contributed by atoms with Crippen molar-refractivity contribution in [2.45, 2.75) is 33.6 Å².